The van der Waals surface area contributed by atoms with Gasteiger partial charge in [-0.05, 0) is 31.9 Å². The highest BCUT2D eigenvalue weighted by Crippen LogP contribution is 2.13. The Balaban J connectivity index is 2.28. The molecule has 78 valence electrons. The van der Waals surface area contributed by atoms with Crippen LogP contribution in [0.4, 0.5) is 11.5 Å². The van der Waals surface area contributed by atoms with Crippen molar-refractivity contribution in [3.05, 3.63) is 18.3 Å². The molecule has 0 radical (unpaired) electrons. The molecule has 1 aromatic heterocycles. The minimum absolute atomic E-state index is 0.233. The molecule has 4 heteroatoms. The van der Waals surface area contributed by atoms with E-state index in [9.17, 15) is 0 Å². The second kappa shape index (κ2) is 5.44. The molecule has 4 N–H and O–H groups in total. The van der Waals surface area contributed by atoms with E-state index >= 15 is 0 Å². The Morgan fingerprint density at radius 2 is 2.43 bits per heavy atom. The topological polar surface area (TPSA) is 71.2 Å². The predicted octanol–water partition coefficient (Wildman–Crippen LogP) is 1.24. The van der Waals surface area contributed by atoms with Gasteiger partial charge in [-0.25, -0.2) is 4.98 Å². The molecule has 1 aromatic rings. The number of hydrogen-bond acceptors (Lipinski definition) is 4. The number of nitrogens with two attached hydrogens (primary N) is 1. The van der Waals surface area contributed by atoms with Gasteiger partial charge in [0, 0.05) is 12.7 Å². The molecule has 0 aliphatic heterocycles. The summed E-state index contributed by atoms with van der Waals surface area (Å²) in [6, 6.07) is 3.73. The summed E-state index contributed by atoms with van der Waals surface area (Å²) >= 11 is 0. The second-order valence-electron chi connectivity index (χ2n) is 3.35. The van der Waals surface area contributed by atoms with Crippen molar-refractivity contribution in [2.45, 2.75) is 25.9 Å². The molecule has 1 unspecified atom stereocenters. The van der Waals surface area contributed by atoms with Crippen molar-refractivity contribution in [1.29, 1.82) is 0 Å². The van der Waals surface area contributed by atoms with Crippen molar-refractivity contribution in [2.75, 3.05) is 17.6 Å². The van der Waals surface area contributed by atoms with Gasteiger partial charge in [0.2, 0.25) is 0 Å². The van der Waals surface area contributed by atoms with Crippen LogP contribution in [0.5, 0.6) is 0 Å². The molecule has 0 bridgehead atoms. The Morgan fingerprint density at radius 1 is 1.64 bits per heavy atom. The van der Waals surface area contributed by atoms with Crippen molar-refractivity contribution in [3.8, 4) is 0 Å². The molecule has 0 saturated carbocycles. The highest BCUT2D eigenvalue weighted by molar-refractivity contribution is 5.60. The Hall–Kier alpha value is -1.29. The molecule has 1 rings (SSSR count). The first-order valence-electron chi connectivity index (χ1n) is 4.82. The molecule has 0 amide bonds. The van der Waals surface area contributed by atoms with Crippen LogP contribution in [0.2, 0.25) is 0 Å². The maximum Gasteiger partial charge on any atom is 0.146 e. The van der Waals surface area contributed by atoms with Crippen LogP contribution in [-0.4, -0.2) is 22.7 Å². The number of aliphatic hydroxyl groups is 1. The fraction of sp³-hybridized carbons (Fsp3) is 0.500. The predicted molar refractivity (Wildman–Crippen MR) is 58.1 cm³/mol. The van der Waals surface area contributed by atoms with Crippen LogP contribution < -0.4 is 11.1 Å². The molecular weight excluding hydrogens is 178 g/mol. The quantitative estimate of drug-likeness (QED) is 0.618. The van der Waals surface area contributed by atoms with Crippen LogP contribution in [0.1, 0.15) is 19.8 Å². The van der Waals surface area contributed by atoms with Crippen LogP contribution >= 0.6 is 0 Å². The van der Waals surface area contributed by atoms with Gasteiger partial charge in [0.05, 0.1) is 11.8 Å². The summed E-state index contributed by atoms with van der Waals surface area (Å²) in [5.74, 6) is 0.518. The standard InChI is InChI=1S/C10H17N3O/c1-8(14)4-2-6-12-9-5-3-7-13-10(9)11/h3,5,7-8,12,14H,2,4,6H2,1H3,(H2,11,13). The maximum atomic E-state index is 9.04. The fourth-order valence-corrected chi connectivity index (χ4v) is 1.19. The molecule has 0 aliphatic carbocycles. The Bertz CT molecular complexity index is 276. The summed E-state index contributed by atoms with van der Waals surface area (Å²) in [7, 11) is 0. The number of rotatable bonds is 5. The van der Waals surface area contributed by atoms with Gasteiger partial charge in [0.25, 0.3) is 0 Å². The average Bonchev–Trinajstić information content (AvgIpc) is 2.15. The monoisotopic (exact) mass is 195 g/mol. The lowest BCUT2D eigenvalue weighted by Crippen LogP contribution is -2.08. The van der Waals surface area contributed by atoms with Crippen molar-refractivity contribution in [1.82, 2.24) is 4.98 Å². The normalized spacial score (nSPS) is 12.4. The minimum Gasteiger partial charge on any atom is -0.393 e. The van der Waals surface area contributed by atoms with Gasteiger partial charge in [0.15, 0.2) is 0 Å². The van der Waals surface area contributed by atoms with Crippen LogP contribution in [-0.2, 0) is 0 Å². The molecule has 14 heavy (non-hydrogen) atoms. The average molecular weight is 195 g/mol. The van der Waals surface area contributed by atoms with Gasteiger partial charge >= 0.3 is 0 Å². The van der Waals surface area contributed by atoms with E-state index in [0.717, 1.165) is 25.1 Å². The van der Waals surface area contributed by atoms with E-state index in [1.807, 2.05) is 12.1 Å². The van der Waals surface area contributed by atoms with Gasteiger partial charge in [0.1, 0.15) is 5.82 Å². The number of nitrogen functional groups attached to an aromatic ring is 1. The molecule has 4 nitrogen and oxygen atoms in total. The maximum absolute atomic E-state index is 9.04. The molecule has 1 atom stereocenters. The van der Waals surface area contributed by atoms with Crippen LogP contribution in [0, 0.1) is 0 Å². The van der Waals surface area contributed by atoms with Gasteiger partial charge in [-0.15, -0.1) is 0 Å². The van der Waals surface area contributed by atoms with E-state index in [0.29, 0.717) is 5.82 Å². The number of nitrogens with one attached hydrogen (secondary N) is 1. The number of hydrogen-bond donors (Lipinski definition) is 3. The zero-order chi connectivity index (χ0) is 10.4. The second-order valence-corrected chi connectivity index (χ2v) is 3.35. The Kier molecular flexibility index (Phi) is 4.19. The van der Waals surface area contributed by atoms with E-state index in [-0.39, 0.29) is 6.10 Å². The number of aliphatic hydroxyl groups excluding tert-OH is 1. The van der Waals surface area contributed by atoms with Crippen molar-refractivity contribution in [2.24, 2.45) is 0 Å². The lowest BCUT2D eigenvalue weighted by Gasteiger charge is -2.08. The third-order valence-electron chi connectivity index (χ3n) is 1.95. The van der Waals surface area contributed by atoms with Gasteiger partial charge in [-0.2, -0.15) is 0 Å². The zero-order valence-electron chi connectivity index (χ0n) is 8.40. The smallest absolute Gasteiger partial charge is 0.146 e. The summed E-state index contributed by atoms with van der Waals surface area (Å²) in [5, 5.41) is 12.2. The molecular formula is C10H17N3O. The highest BCUT2D eigenvalue weighted by Gasteiger charge is 1.98. The number of aromatic nitrogens is 1. The van der Waals surface area contributed by atoms with E-state index in [1.165, 1.54) is 0 Å². The minimum atomic E-state index is -0.233. The van der Waals surface area contributed by atoms with E-state index in [1.54, 1.807) is 13.1 Å². The van der Waals surface area contributed by atoms with Crippen molar-refractivity contribution >= 4 is 11.5 Å². The third-order valence-corrected chi connectivity index (χ3v) is 1.95. The largest absolute Gasteiger partial charge is 0.393 e. The Morgan fingerprint density at radius 3 is 3.07 bits per heavy atom. The first-order chi connectivity index (χ1) is 6.70. The van der Waals surface area contributed by atoms with Crippen LogP contribution in [0.25, 0.3) is 0 Å². The molecule has 0 saturated heterocycles. The molecule has 0 spiro atoms. The highest BCUT2D eigenvalue weighted by atomic mass is 16.3. The summed E-state index contributed by atoms with van der Waals surface area (Å²) in [5.41, 5.74) is 6.50. The SMILES string of the molecule is CC(O)CCCNc1cccnc1N. The van der Waals surface area contributed by atoms with Crippen LogP contribution in [0.15, 0.2) is 18.3 Å². The van der Waals surface area contributed by atoms with Gasteiger partial charge < -0.3 is 16.2 Å². The molecule has 0 fully saturated rings. The first kappa shape index (κ1) is 10.8. The van der Waals surface area contributed by atoms with Gasteiger partial charge in [-0.3, -0.25) is 0 Å². The summed E-state index contributed by atoms with van der Waals surface area (Å²) in [6.07, 6.45) is 3.15. The molecule has 1 heterocycles. The van der Waals surface area contributed by atoms with E-state index in [4.69, 9.17) is 10.8 Å². The first-order valence-corrected chi connectivity index (χ1v) is 4.82. The van der Waals surface area contributed by atoms with E-state index in [2.05, 4.69) is 10.3 Å². The fourth-order valence-electron chi connectivity index (χ4n) is 1.19. The lowest BCUT2D eigenvalue weighted by molar-refractivity contribution is 0.183. The molecule has 0 aromatic carbocycles. The lowest BCUT2D eigenvalue weighted by atomic mass is 10.2. The third kappa shape index (κ3) is 3.62. The Labute approximate surface area is 84.2 Å². The summed E-state index contributed by atoms with van der Waals surface area (Å²) in [4.78, 5) is 3.96. The zero-order valence-corrected chi connectivity index (χ0v) is 8.40. The number of nitrogens with zero attached hydrogens (tertiary/aromatic N) is 1. The van der Waals surface area contributed by atoms with E-state index < -0.39 is 0 Å². The molecule has 0 aliphatic rings. The van der Waals surface area contributed by atoms with Gasteiger partial charge in [-0.1, -0.05) is 0 Å². The summed E-state index contributed by atoms with van der Waals surface area (Å²) < 4.78 is 0. The van der Waals surface area contributed by atoms with Crippen molar-refractivity contribution in [3.63, 3.8) is 0 Å². The number of pyridine rings is 1. The number of anilines is 2. The van der Waals surface area contributed by atoms with Crippen LogP contribution in [0.3, 0.4) is 0 Å². The van der Waals surface area contributed by atoms with Crippen molar-refractivity contribution < 1.29 is 5.11 Å². The summed E-state index contributed by atoms with van der Waals surface area (Å²) in [6.45, 7) is 2.60.